The minimum absolute atomic E-state index is 0.118. The lowest BCUT2D eigenvalue weighted by Gasteiger charge is -2.33. The second-order valence-electron chi connectivity index (χ2n) is 7.58. The summed E-state index contributed by atoms with van der Waals surface area (Å²) in [6.45, 7) is 5.13. The molecule has 1 aromatic carbocycles. The third-order valence-corrected chi connectivity index (χ3v) is 6.06. The van der Waals surface area contributed by atoms with Gasteiger partial charge in [0.25, 0.3) is 0 Å². The average Bonchev–Trinajstić information content (AvgIpc) is 2.88. The van der Waals surface area contributed by atoms with E-state index < -0.39 is 39.2 Å². The van der Waals surface area contributed by atoms with Crippen LogP contribution in [0.1, 0.15) is 48.8 Å². The standard InChI is InChI=1S/C19H18F4N2O3S/c1-17(2,3)29(27)25-18(10-14(26)12-5-4-8-24-16(12)18)11-6-7-15(13(20)9-11)28-19(21,22)23/h4-9,25H,10H2,1-3H3/t18-,29+/m0/s1. The highest BCUT2D eigenvalue weighted by atomic mass is 32.2. The van der Waals surface area contributed by atoms with E-state index in [2.05, 4.69) is 14.4 Å². The van der Waals surface area contributed by atoms with Gasteiger partial charge in [-0.3, -0.25) is 9.78 Å². The molecule has 5 nitrogen and oxygen atoms in total. The number of carbonyl (C=O) groups excluding carboxylic acids is 1. The third kappa shape index (κ3) is 4.18. The van der Waals surface area contributed by atoms with E-state index in [4.69, 9.17) is 0 Å². The molecule has 1 aliphatic rings. The highest BCUT2D eigenvalue weighted by molar-refractivity contribution is 7.84. The van der Waals surface area contributed by atoms with Crippen LogP contribution in [0, 0.1) is 5.82 Å². The SMILES string of the molecule is CC(C)(C)[S@@](=O)N[C@]1(c2ccc(OC(F)(F)F)c(F)c2)CC(=O)c2cccnc21. The zero-order valence-corrected chi connectivity index (χ0v) is 16.6. The Balaban J connectivity index is 2.15. The molecule has 29 heavy (non-hydrogen) atoms. The van der Waals surface area contributed by atoms with E-state index in [-0.39, 0.29) is 29.0 Å². The van der Waals surface area contributed by atoms with Crippen LogP contribution in [0.2, 0.25) is 0 Å². The van der Waals surface area contributed by atoms with Crippen LogP contribution < -0.4 is 9.46 Å². The monoisotopic (exact) mass is 430 g/mol. The quantitative estimate of drug-likeness (QED) is 0.745. The average molecular weight is 430 g/mol. The van der Waals surface area contributed by atoms with Crippen LogP contribution in [0.3, 0.4) is 0 Å². The van der Waals surface area contributed by atoms with Gasteiger partial charge < -0.3 is 4.74 Å². The van der Waals surface area contributed by atoms with Gasteiger partial charge in [-0.1, -0.05) is 6.07 Å². The molecule has 0 unspecified atom stereocenters. The molecule has 0 aliphatic heterocycles. The number of halogens is 4. The van der Waals surface area contributed by atoms with Crippen molar-refractivity contribution in [2.45, 2.75) is 43.8 Å². The number of pyridine rings is 1. The van der Waals surface area contributed by atoms with Crippen molar-refractivity contribution in [2.75, 3.05) is 0 Å². The van der Waals surface area contributed by atoms with Gasteiger partial charge in [0.15, 0.2) is 17.3 Å². The number of nitrogens with zero attached hydrogens (tertiary/aromatic N) is 1. The van der Waals surface area contributed by atoms with E-state index in [1.165, 1.54) is 12.3 Å². The van der Waals surface area contributed by atoms with E-state index in [0.717, 1.165) is 12.1 Å². The summed E-state index contributed by atoms with van der Waals surface area (Å²) in [6.07, 6.45) is -3.82. The Morgan fingerprint density at radius 2 is 1.90 bits per heavy atom. The first-order valence-corrected chi connectivity index (χ1v) is 9.73. The minimum Gasteiger partial charge on any atom is -0.403 e. The van der Waals surface area contributed by atoms with E-state index >= 15 is 0 Å². The molecule has 0 fully saturated rings. The van der Waals surface area contributed by atoms with Gasteiger partial charge in [0.05, 0.1) is 21.4 Å². The number of benzene rings is 1. The van der Waals surface area contributed by atoms with E-state index in [1.54, 1.807) is 32.9 Å². The molecule has 1 heterocycles. The van der Waals surface area contributed by atoms with Crippen molar-refractivity contribution in [1.29, 1.82) is 0 Å². The Kier molecular flexibility index (Phi) is 5.29. The van der Waals surface area contributed by atoms with Crippen molar-refractivity contribution < 1.29 is 31.3 Å². The summed E-state index contributed by atoms with van der Waals surface area (Å²) in [6, 6.07) is 5.98. The molecule has 0 amide bonds. The lowest BCUT2D eigenvalue weighted by Crippen LogP contribution is -2.48. The summed E-state index contributed by atoms with van der Waals surface area (Å²) >= 11 is 0. The van der Waals surface area contributed by atoms with Crippen molar-refractivity contribution in [1.82, 2.24) is 9.71 Å². The molecule has 10 heteroatoms. The van der Waals surface area contributed by atoms with Crippen molar-refractivity contribution in [3.63, 3.8) is 0 Å². The summed E-state index contributed by atoms with van der Waals surface area (Å²) in [4.78, 5) is 16.8. The molecule has 1 aliphatic carbocycles. The molecule has 0 saturated carbocycles. The molecule has 2 atom stereocenters. The maximum absolute atomic E-state index is 14.4. The first-order chi connectivity index (χ1) is 13.3. The molecule has 0 spiro atoms. The molecule has 3 rings (SSSR count). The predicted octanol–water partition coefficient (Wildman–Crippen LogP) is 4.00. The van der Waals surface area contributed by atoms with Crippen LogP contribution in [-0.2, 0) is 16.5 Å². The number of fused-ring (bicyclic) bond motifs is 1. The van der Waals surface area contributed by atoms with E-state index in [1.807, 2.05) is 0 Å². The minimum atomic E-state index is -5.05. The number of hydrogen-bond acceptors (Lipinski definition) is 4. The smallest absolute Gasteiger partial charge is 0.403 e. The molecule has 0 bridgehead atoms. The van der Waals surface area contributed by atoms with Gasteiger partial charge in [0, 0.05) is 18.2 Å². The number of rotatable bonds is 4. The Morgan fingerprint density at radius 3 is 2.48 bits per heavy atom. The fraction of sp³-hybridized carbons (Fsp3) is 0.368. The summed E-state index contributed by atoms with van der Waals surface area (Å²) in [5.74, 6) is -2.57. The fourth-order valence-corrected chi connectivity index (χ4v) is 3.97. The highest BCUT2D eigenvalue weighted by Gasteiger charge is 2.48. The number of ketones is 1. The van der Waals surface area contributed by atoms with Crippen molar-refractivity contribution >= 4 is 16.8 Å². The first kappa shape index (κ1) is 21.4. The molecule has 0 radical (unpaired) electrons. The van der Waals surface area contributed by atoms with Crippen LogP contribution in [-0.4, -0.2) is 26.1 Å². The number of ether oxygens (including phenoxy) is 1. The summed E-state index contributed by atoms with van der Waals surface area (Å²) in [5, 5.41) is 0. The zero-order valence-electron chi connectivity index (χ0n) is 15.8. The molecular formula is C19H18F4N2O3S. The van der Waals surface area contributed by atoms with Gasteiger partial charge in [-0.15, -0.1) is 13.2 Å². The Hall–Kier alpha value is -2.33. The molecule has 1 N–H and O–H groups in total. The second-order valence-corrected chi connectivity index (χ2v) is 9.55. The fourth-order valence-electron chi connectivity index (χ4n) is 3.06. The molecule has 156 valence electrons. The number of carbonyl (C=O) groups is 1. The summed E-state index contributed by atoms with van der Waals surface area (Å²) in [7, 11) is -1.69. The van der Waals surface area contributed by atoms with Crippen LogP contribution in [0.25, 0.3) is 0 Å². The lowest BCUT2D eigenvalue weighted by molar-refractivity contribution is -0.275. The van der Waals surface area contributed by atoms with Crippen molar-refractivity contribution in [2.24, 2.45) is 0 Å². The third-order valence-electron chi connectivity index (χ3n) is 4.41. The van der Waals surface area contributed by atoms with Gasteiger partial charge in [-0.05, 0) is 50.6 Å². The predicted molar refractivity (Wildman–Crippen MR) is 98.1 cm³/mol. The van der Waals surface area contributed by atoms with Crippen LogP contribution in [0.15, 0.2) is 36.5 Å². The van der Waals surface area contributed by atoms with Crippen LogP contribution >= 0.6 is 0 Å². The normalized spacial score (nSPS) is 20.4. The molecule has 0 saturated heterocycles. The Morgan fingerprint density at radius 1 is 1.21 bits per heavy atom. The summed E-state index contributed by atoms with van der Waals surface area (Å²) < 4.78 is 70.5. The number of nitrogens with one attached hydrogen (secondary N) is 1. The van der Waals surface area contributed by atoms with Gasteiger partial charge in [-0.2, -0.15) is 0 Å². The number of Topliss-reactive ketones (excluding diaryl/α,β-unsaturated/α-hetero) is 1. The van der Waals surface area contributed by atoms with Crippen LogP contribution in [0.4, 0.5) is 17.6 Å². The van der Waals surface area contributed by atoms with Gasteiger partial charge in [0.2, 0.25) is 0 Å². The number of aromatic nitrogens is 1. The van der Waals surface area contributed by atoms with Gasteiger partial charge in [-0.25, -0.2) is 13.3 Å². The van der Waals surface area contributed by atoms with Crippen molar-refractivity contribution in [3.8, 4) is 5.75 Å². The van der Waals surface area contributed by atoms with Gasteiger partial charge >= 0.3 is 6.36 Å². The topological polar surface area (TPSA) is 68.3 Å². The van der Waals surface area contributed by atoms with E-state index in [9.17, 15) is 26.6 Å². The molecular weight excluding hydrogens is 412 g/mol. The first-order valence-electron chi connectivity index (χ1n) is 8.58. The second kappa shape index (κ2) is 7.17. The largest absolute Gasteiger partial charge is 0.573 e. The van der Waals surface area contributed by atoms with Gasteiger partial charge in [0.1, 0.15) is 5.54 Å². The molecule has 2 aromatic rings. The molecule has 1 aromatic heterocycles. The summed E-state index contributed by atoms with van der Waals surface area (Å²) in [5.41, 5.74) is -0.815. The van der Waals surface area contributed by atoms with Crippen LogP contribution in [0.5, 0.6) is 5.75 Å². The maximum atomic E-state index is 14.4. The number of alkyl halides is 3. The van der Waals surface area contributed by atoms with E-state index in [0.29, 0.717) is 0 Å². The maximum Gasteiger partial charge on any atom is 0.573 e. The van der Waals surface area contributed by atoms with Crippen molar-refractivity contribution in [3.05, 3.63) is 59.2 Å². The number of hydrogen-bond donors (Lipinski definition) is 1. The lowest BCUT2D eigenvalue weighted by atomic mass is 9.88. The Bertz CT molecular complexity index is 988. The Labute approximate surface area is 167 Å². The highest BCUT2D eigenvalue weighted by Crippen LogP contribution is 2.43. The zero-order chi connectivity index (χ0) is 21.6.